The first-order valence-electron chi connectivity index (χ1n) is 5.47. The molecule has 3 rings (SSSR count). The van der Waals surface area contributed by atoms with E-state index < -0.39 is 5.72 Å². The third-order valence-electron chi connectivity index (χ3n) is 3.59. The summed E-state index contributed by atoms with van der Waals surface area (Å²) in [6.45, 7) is 4.22. The van der Waals surface area contributed by atoms with Crippen LogP contribution in [0.2, 0.25) is 0 Å². The number of hydrogen-bond acceptors (Lipinski definition) is 2. The van der Waals surface area contributed by atoms with Crippen molar-refractivity contribution >= 4 is 17.3 Å². The lowest BCUT2D eigenvalue weighted by atomic mass is 9.82. The van der Waals surface area contributed by atoms with Gasteiger partial charge in [0.25, 0.3) is 0 Å². The highest BCUT2D eigenvalue weighted by molar-refractivity contribution is 7.80. The molecule has 3 nitrogen and oxygen atoms in total. The number of thiocarbonyl (C=S) groups is 1. The first-order valence-corrected chi connectivity index (χ1v) is 5.87. The number of ether oxygens (including phenoxy) is 1. The van der Waals surface area contributed by atoms with Gasteiger partial charge < -0.3 is 15.4 Å². The van der Waals surface area contributed by atoms with Gasteiger partial charge in [-0.2, -0.15) is 0 Å². The van der Waals surface area contributed by atoms with Crippen LogP contribution in [0, 0.1) is 5.92 Å². The van der Waals surface area contributed by atoms with Gasteiger partial charge in [0, 0.05) is 11.5 Å². The minimum Gasteiger partial charge on any atom is -0.468 e. The molecule has 0 spiro atoms. The maximum atomic E-state index is 6.03. The largest absolute Gasteiger partial charge is 0.468 e. The SMILES string of the molecule is C[C@@H]1[C@H]2NC(=S)N[C@@]1(C)Oc1ccccc12. The Balaban J connectivity index is 2.15. The van der Waals surface area contributed by atoms with Crippen LogP contribution in [0.15, 0.2) is 24.3 Å². The molecule has 0 aromatic heterocycles. The Hall–Kier alpha value is -1.29. The molecular weight excluding hydrogens is 220 g/mol. The van der Waals surface area contributed by atoms with Crippen LogP contribution in [0.4, 0.5) is 0 Å². The van der Waals surface area contributed by atoms with E-state index in [0.29, 0.717) is 11.0 Å². The van der Waals surface area contributed by atoms with Gasteiger partial charge in [-0.1, -0.05) is 25.1 Å². The van der Waals surface area contributed by atoms with E-state index in [1.807, 2.05) is 25.1 Å². The van der Waals surface area contributed by atoms with E-state index >= 15 is 0 Å². The van der Waals surface area contributed by atoms with Crippen LogP contribution in [0.1, 0.15) is 25.5 Å². The summed E-state index contributed by atoms with van der Waals surface area (Å²) in [5, 5.41) is 7.20. The number of fused-ring (bicyclic) bond motifs is 4. The minimum atomic E-state index is -0.401. The van der Waals surface area contributed by atoms with Crippen LogP contribution in [-0.4, -0.2) is 10.8 Å². The second kappa shape index (κ2) is 3.10. The van der Waals surface area contributed by atoms with Crippen LogP contribution >= 0.6 is 12.2 Å². The summed E-state index contributed by atoms with van der Waals surface area (Å²) in [6, 6.07) is 8.36. The van der Waals surface area contributed by atoms with Crippen LogP contribution in [0.5, 0.6) is 5.75 Å². The van der Waals surface area contributed by atoms with Crippen LogP contribution in [-0.2, 0) is 0 Å². The Bertz CT molecular complexity index is 462. The highest BCUT2D eigenvalue weighted by Crippen LogP contribution is 2.43. The summed E-state index contributed by atoms with van der Waals surface area (Å²) in [7, 11) is 0. The maximum absolute atomic E-state index is 6.03. The van der Waals surface area contributed by atoms with Crippen molar-refractivity contribution in [3.05, 3.63) is 29.8 Å². The molecule has 3 atom stereocenters. The molecule has 2 heterocycles. The molecule has 0 saturated carbocycles. The number of hydrogen-bond donors (Lipinski definition) is 2. The summed E-state index contributed by atoms with van der Waals surface area (Å²) in [6.07, 6.45) is 0. The average molecular weight is 234 g/mol. The third kappa shape index (κ3) is 1.23. The van der Waals surface area contributed by atoms with Crippen LogP contribution in [0.3, 0.4) is 0 Å². The summed E-state index contributed by atoms with van der Waals surface area (Å²) in [5.41, 5.74) is 0.790. The van der Waals surface area contributed by atoms with Crippen molar-refractivity contribution in [3.8, 4) is 5.75 Å². The molecule has 1 fully saturated rings. The van der Waals surface area contributed by atoms with Crippen molar-refractivity contribution in [2.24, 2.45) is 5.92 Å². The van der Waals surface area contributed by atoms with Crippen molar-refractivity contribution in [1.82, 2.24) is 10.6 Å². The second-order valence-electron chi connectivity index (χ2n) is 4.61. The molecular formula is C12H14N2OS. The van der Waals surface area contributed by atoms with Crippen LogP contribution in [0.25, 0.3) is 0 Å². The molecule has 2 aliphatic rings. The Morgan fingerprint density at radius 3 is 2.94 bits per heavy atom. The smallest absolute Gasteiger partial charge is 0.184 e. The second-order valence-corrected chi connectivity index (χ2v) is 5.02. The summed E-state index contributed by atoms with van der Waals surface area (Å²) in [4.78, 5) is 0. The fraction of sp³-hybridized carbons (Fsp3) is 0.417. The summed E-state index contributed by atoms with van der Waals surface area (Å²) >= 11 is 5.21. The molecule has 0 unspecified atom stereocenters. The number of nitrogens with one attached hydrogen (secondary N) is 2. The quantitative estimate of drug-likeness (QED) is 0.672. The lowest BCUT2D eigenvalue weighted by molar-refractivity contribution is -0.0262. The molecule has 0 aliphatic carbocycles. The van der Waals surface area contributed by atoms with Gasteiger partial charge >= 0.3 is 0 Å². The minimum absolute atomic E-state index is 0.240. The fourth-order valence-corrected chi connectivity index (χ4v) is 2.81. The molecule has 1 aromatic rings. The van der Waals surface area contributed by atoms with Gasteiger partial charge in [-0.25, -0.2) is 0 Å². The molecule has 1 saturated heterocycles. The Morgan fingerprint density at radius 1 is 1.38 bits per heavy atom. The zero-order chi connectivity index (χ0) is 11.3. The normalized spacial score (nSPS) is 35.5. The summed E-state index contributed by atoms with van der Waals surface area (Å²) in [5.74, 6) is 1.27. The van der Waals surface area contributed by atoms with Crippen molar-refractivity contribution < 1.29 is 4.74 Å². The van der Waals surface area contributed by atoms with E-state index in [9.17, 15) is 0 Å². The fourth-order valence-electron chi connectivity index (χ4n) is 2.48. The molecule has 0 amide bonds. The van der Waals surface area contributed by atoms with Crippen LogP contribution < -0.4 is 15.4 Å². The van der Waals surface area contributed by atoms with E-state index in [0.717, 1.165) is 5.75 Å². The topological polar surface area (TPSA) is 33.3 Å². The van der Waals surface area contributed by atoms with Gasteiger partial charge in [0.2, 0.25) is 0 Å². The lowest BCUT2D eigenvalue weighted by Crippen LogP contribution is -2.67. The molecule has 2 aliphatic heterocycles. The molecule has 2 bridgehead atoms. The zero-order valence-corrected chi connectivity index (χ0v) is 10.1. The Labute approximate surface area is 100 Å². The first-order chi connectivity index (χ1) is 7.60. The third-order valence-corrected chi connectivity index (χ3v) is 3.81. The molecule has 16 heavy (non-hydrogen) atoms. The first kappa shape index (κ1) is 9.90. The highest BCUT2D eigenvalue weighted by atomic mass is 32.1. The van der Waals surface area contributed by atoms with Crippen molar-refractivity contribution in [1.29, 1.82) is 0 Å². The van der Waals surface area contributed by atoms with Crippen molar-refractivity contribution in [3.63, 3.8) is 0 Å². The Kier molecular flexibility index (Phi) is 1.92. The predicted octanol–water partition coefficient (Wildman–Crippen LogP) is 1.95. The van der Waals surface area contributed by atoms with E-state index in [1.54, 1.807) is 0 Å². The number of rotatable bonds is 0. The number of para-hydroxylation sites is 1. The maximum Gasteiger partial charge on any atom is 0.184 e. The van der Waals surface area contributed by atoms with Crippen molar-refractivity contribution in [2.75, 3.05) is 0 Å². The molecule has 1 aromatic carbocycles. The monoisotopic (exact) mass is 234 g/mol. The molecule has 2 N–H and O–H groups in total. The molecule has 84 valence electrons. The van der Waals surface area contributed by atoms with Gasteiger partial charge in [-0.05, 0) is 25.2 Å². The van der Waals surface area contributed by atoms with Gasteiger partial charge in [-0.15, -0.1) is 0 Å². The summed E-state index contributed by atoms with van der Waals surface area (Å²) < 4.78 is 6.03. The predicted molar refractivity (Wildman–Crippen MR) is 66.2 cm³/mol. The number of benzene rings is 1. The Morgan fingerprint density at radius 2 is 2.12 bits per heavy atom. The van der Waals surface area contributed by atoms with Gasteiger partial charge in [0.05, 0.1) is 6.04 Å². The standard InChI is InChI=1S/C12H14N2OS/c1-7-10-8-5-3-4-6-9(8)15-12(7,2)14-11(16)13-10/h3-7,10H,1-2H3,(H2,13,14,16)/t7-,10-,12+/m1/s1. The van der Waals surface area contributed by atoms with Gasteiger partial charge in [0.15, 0.2) is 10.8 Å². The van der Waals surface area contributed by atoms with Gasteiger partial charge in [-0.3, -0.25) is 0 Å². The molecule has 4 heteroatoms. The molecule has 0 radical (unpaired) electrons. The lowest BCUT2D eigenvalue weighted by Gasteiger charge is -2.50. The zero-order valence-electron chi connectivity index (χ0n) is 9.28. The van der Waals surface area contributed by atoms with E-state index in [1.165, 1.54) is 5.56 Å². The average Bonchev–Trinajstić information content (AvgIpc) is 2.22. The highest BCUT2D eigenvalue weighted by Gasteiger charge is 2.48. The van der Waals surface area contributed by atoms with E-state index in [-0.39, 0.29) is 6.04 Å². The van der Waals surface area contributed by atoms with Crippen molar-refractivity contribution in [2.45, 2.75) is 25.6 Å². The van der Waals surface area contributed by atoms with E-state index in [2.05, 4.69) is 23.6 Å². The van der Waals surface area contributed by atoms with E-state index in [4.69, 9.17) is 17.0 Å². The van der Waals surface area contributed by atoms with Gasteiger partial charge in [0.1, 0.15) is 5.75 Å².